The van der Waals surface area contributed by atoms with Crippen LogP contribution < -0.4 is 5.32 Å². The summed E-state index contributed by atoms with van der Waals surface area (Å²) in [7, 11) is 0. The second-order valence-corrected chi connectivity index (χ2v) is 8.39. The lowest BCUT2D eigenvalue weighted by molar-refractivity contribution is -0.127. The highest BCUT2D eigenvalue weighted by molar-refractivity contribution is 7.03. The Morgan fingerprint density at radius 3 is 2.50 bits per heavy atom. The predicted octanol–water partition coefficient (Wildman–Crippen LogP) is 3.37. The van der Waals surface area contributed by atoms with Gasteiger partial charge in [0.15, 0.2) is 5.69 Å². The maximum Gasteiger partial charge on any atom is 0.276 e. The number of nitrogens with zero attached hydrogens (tertiary/aromatic N) is 4. The van der Waals surface area contributed by atoms with Gasteiger partial charge in [0.2, 0.25) is 5.91 Å². The first-order chi connectivity index (χ1) is 14.2. The summed E-state index contributed by atoms with van der Waals surface area (Å²) in [6, 6.07) is 8.11. The number of hydrogen-bond acceptors (Lipinski definition) is 6. The Labute approximate surface area is 178 Å². The van der Waals surface area contributed by atoms with E-state index in [1.54, 1.807) is 18.5 Å². The largest absolute Gasteiger partial charge is 0.349 e. The first-order valence-corrected chi connectivity index (χ1v) is 10.1. The topological polar surface area (TPSA) is 88.1 Å². The number of pyridine rings is 1. The van der Waals surface area contributed by atoms with E-state index in [2.05, 4.69) is 19.9 Å². The number of rotatable bonds is 6. The second-order valence-electron chi connectivity index (χ2n) is 7.78. The minimum atomic E-state index is -1.00. The summed E-state index contributed by atoms with van der Waals surface area (Å²) in [6.07, 6.45) is 3.26. The molecule has 2 aromatic heterocycles. The number of nitrogens with one attached hydrogen (secondary N) is 1. The quantitative estimate of drug-likeness (QED) is 0.652. The van der Waals surface area contributed by atoms with Crippen LogP contribution in [0.15, 0.2) is 54.2 Å². The minimum absolute atomic E-state index is 0.115. The number of amides is 2. The normalized spacial score (nSPS) is 12.3. The van der Waals surface area contributed by atoms with Gasteiger partial charge in [-0.2, -0.15) is 0 Å². The van der Waals surface area contributed by atoms with Gasteiger partial charge < -0.3 is 10.2 Å². The van der Waals surface area contributed by atoms with Crippen LogP contribution in [0.4, 0.5) is 4.39 Å². The lowest BCUT2D eigenvalue weighted by atomic mass is 10.0. The molecule has 0 saturated carbocycles. The van der Waals surface area contributed by atoms with Gasteiger partial charge >= 0.3 is 0 Å². The predicted molar refractivity (Wildman–Crippen MR) is 111 cm³/mol. The molecule has 30 heavy (non-hydrogen) atoms. The third-order valence-electron chi connectivity index (χ3n) is 4.16. The molecule has 3 aromatic rings. The molecular weight excluding hydrogens is 405 g/mol. The Hall–Kier alpha value is -3.20. The molecule has 7 nitrogen and oxygen atoms in total. The maximum atomic E-state index is 13.5. The average molecular weight is 428 g/mol. The number of aromatic nitrogens is 3. The van der Waals surface area contributed by atoms with Gasteiger partial charge in [-0.05, 0) is 61.6 Å². The Balaban J connectivity index is 2.07. The summed E-state index contributed by atoms with van der Waals surface area (Å²) in [4.78, 5) is 32.1. The van der Waals surface area contributed by atoms with Gasteiger partial charge in [-0.1, -0.05) is 22.7 Å². The Morgan fingerprint density at radius 2 is 1.93 bits per heavy atom. The third-order valence-corrected chi connectivity index (χ3v) is 4.66. The third kappa shape index (κ3) is 5.44. The molecule has 1 aromatic carbocycles. The van der Waals surface area contributed by atoms with E-state index in [0.717, 1.165) is 17.1 Å². The van der Waals surface area contributed by atoms with Gasteiger partial charge in [0.1, 0.15) is 11.9 Å². The van der Waals surface area contributed by atoms with E-state index in [9.17, 15) is 14.0 Å². The SMILES string of the molecule is CC(C)(C)NC(=O)C(c1ccc(F)cc1)N(Cc1cccnc1)C(=O)c1csnn1. The maximum absolute atomic E-state index is 13.5. The van der Waals surface area contributed by atoms with Gasteiger partial charge in [-0.15, -0.1) is 5.10 Å². The average Bonchev–Trinajstić information content (AvgIpc) is 3.22. The van der Waals surface area contributed by atoms with Crippen molar-refractivity contribution in [1.29, 1.82) is 0 Å². The van der Waals surface area contributed by atoms with Gasteiger partial charge in [-0.3, -0.25) is 14.6 Å². The molecule has 0 bridgehead atoms. The van der Waals surface area contributed by atoms with Crippen molar-refractivity contribution < 1.29 is 14.0 Å². The Morgan fingerprint density at radius 1 is 1.20 bits per heavy atom. The van der Waals surface area contributed by atoms with Gasteiger partial charge in [-0.25, -0.2) is 4.39 Å². The first kappa shape index (κ1) is 21.5. The minimum Gasteiger partial charge on any atom is -0.349 e. The molecule has 0 aliphatic rings. The van der Waals surface area contributed by atoms with Crippen LogP contribution in [0.2, 0.25) is 0 Å². The highest BCUT2D eigenvalue weighted by Gasteiger charge is 2.34. The van der Waals surface area contributed by atoms with Crippen LogP contribution >= 0.6 is 11.5 Å². The van der Waals surface area contributed by atoms with Crippen molar-refractivity contribution in [3.8, 4) is 0 Å². The van der Waals surface area contributed by atoms with Crippen LogP contribution in [0.3, 0.4) is 0 Å². The summed E-state index contributed by atoms with van der Waals surface area (Å²) in [5.74, 6) is -1.26. The van der Waals surface area contributed by atoms with E-state index in [4.69, 9.17) is 0 Å². The standard InChI is InChI=1S/C21H22FN5O2S/c1-21(2,3)24-19(28)18(15-6-8-16(22)9-7-15)27(12-14-5-4-10-23-11-14)20(29)17-13-30-26-25-17/h4-11,13,18H,12H2,1-3H3,(H,24,28). The highest BCUT2D eigenvalue weighted by atomic mass is 32.1. The van der Waals surface area contributed by atoms with Gasteiger partial charge in [0.25, 0.3) is 5.91 Å². The number of carbonyl (C=O) groups is 2. The van der Waals surface area contributed by atoms with Gasteiger partial charge in [0, 0.05) is 29.9 Å². The second kappa shape index (κ2) is 9.08. The molecular formula is C21H22FN5O2S. The first-order valence-electron chi connectivity index (χ1n) is 9.29. The van der Waals surface area contributed by atoms with E-state index in [1.807, 2.05) is 26.8 Å². The summed E-state index contributed by atoms with van der Waals surface area (Å²) >= 11 is 1.05. The smallest absolute Gasteiger partial charge is 0.276 e. The van der Waals surface area contributed by atoms with Crippen LogP contribution in [0.5, 0.6) is 0 Å². The van der Waals surface area contributed by atoms with Crippen molar-refractivity contribution in [3.05, 3.63) is 76.8 Å². The molecule has 9 heteroatoms. The zero-order chi connectivity index (χ0) is 21.7. The summed E-state index contributed by atoms with van der Waals surface area (Å²) < 4.78 is 17.3. The molecule has 0 spiro atoms. The van der Waals surface area contributed by atoms with Crippen molar-refractivity contribution in [3.63, 3.8) is 0 Å². The number of carbonyl (C=O) groups excluding carboxylic acids is 2. The molecule has 1 N–H and O–H groups in total. The van der Waals surface area contributed by atoms with Crippen molar-refractivity contribution in [2.75, 3.05) is 0 Å². The highest BCUT2D eigenvalue weighted by Crippen LogP contribution is 2.26. The zero-order valence-electron chi connectivity index (χ0n) is 16.9. The lowest BCUT2D eigenvalue weighted by Crippen LogP contribution is -2.49. The van der Waals surface area contributed by atoms with Crippen LogP contribution in [-0.4, -0.2) is 36.8 Å². The monoisotopic (exact) mass is 427 g/mol. The molecule has 3 rings (SSSR count). The zero-order valence-corrected chi connectivity index (χ0v) is 17.7. The molecule has 2 amide bonds. The van der Waals surface area contributed by atoms with Crippen LogP contribution in [0.25, 0.3) is 0 Å². The number of halogens is 1. The molecule has 0 fully saturated rings. The van der Waals surface area contributed by atoms with E-state index in [-0.39, 0.29) is 18.1 Å². The molecule has 0 radical (unpaired) electrons. The Kier molecular flexibility index (Phi) is 6.51. The lowest BCUT2D eigenvalue weighted by Gasteiger charge is -2.33. The fourth-order valence-corrected chi connectivity index (χ4v) is 3.36. The molecule has 156 valence electrons. The number of hydrogen-bond donors (Lipinski definition) is 1. The molecule has 0 saturated heterocycles. The van der Waals surface area contributed by atoms with Crippen molar-refractivity contribution >= 4 is 23.3 Å². The van der Waals surface area contributed by atoms with Crippen molar-refractivity contribution in [2.24, 2.45) is 0 Å². The van der Waals surface area contributed by atoms with Crippen LogP contribution in [0, 0.1) is 5.82 Å². The van der Waals surface area contributed by atoms with Crippen molar-refractivity contribution in [2.45, 2.75) is 38.9 Å². The molecule has 1 unspecified atom stereocenters. The van der Waals surface area contributed by atoms with Crippen molar-refractivity contribution in [1.82, 2.24) is 24.8 Å². The molecule has 0 aliphatic carbocycles. The van der Waals surface area contributed by atoms with Crippen LogP contribution in [-0.2, 0) is 11.3 Å². The van der Waals surface area contributed by atoms with Gasteiger partial charge in [0.05, 0.1) is 0 Å². The van der Waals surface area contributed by atoms with E-state index < -0.39 is 23.3 Å². The molecule has 1 atom stereocenters. The summed E-state index contributed by atoms with van der Waals surface area (Å²) in [5.41, 5.74) is 0.837. The van der Waals surface area contributed by atoms with E-state index >= 15 is 0 Å². The molecule has 0 aliphatic heterocycles. The van der Waals surface area contributed by atoms with Crippen LogP contribution in [0.1, 0.15) is 48.4 Å². The fraction of sp³-hybridized carbons (Fsp3) is 0.286. The summed E-state index contributed by atoms with van der Waals surface area (Å²) in [6.45, 7) is 5.67. The molecule has 2 heterocycles. The fourth-order valence-electron chi connectivity index (χ4n) is 2.93. The Bertz CT molecular complexity index is 988. The summed E-state index contributed by atoms with van der Waals surface area (Å²) in [5, 5.41) is 8.33. The van der Waals surface area contributed by atoms with E-state index in [0.29, 0.717) is 5.56 Å². The number of benzene rings is 1. The van der Waals surface area contributed by atoms with E-state index in [1.165, 1.54) is 34.5 Å².